The van der Waals surface area contributed by atoms with Crippen molar-refractivity contribution in [2.24, 2.45) is 0 Å². The largest absolute Gasteiger partial charge is 0.508 e. The molecule has 0 bridgehead atoms. The molecule has 0 spiro atoms. The molecule has 0 amide bonds. The van der Waals surface area contributed by atoms with E-state index in [0.717, 1.165) is 12.1 Å². The van der Waals surface area contributed by atoms with Crippen LogP contribution in [0.4, 0.5) is 13.2 Å². The van der Waals surface area contributed by atoms with Crippen molar-refractivity contribution in [1.29, 1.82) is 0 Å². The van der Waals surface area contributed by atoms with Crippen LogP contribution >= 0.6 is 0 Å². The van der Waals surface area contributed by atoms with Crippen molar-refractivity contribution in [1.82, 2.24) is 10.2 Å². The van der Waals surface area contributed by atoms with Crippen molar-refractivity contribution in [3.63, 3.8) is 0 Å². The first kappa shape index (κ1) is 16.7. The lowest BCUT2D eigenvalue weighted by Gasteiger charge is -2.36. The number of rotatable bonds is 4. The maximum atomic E-state index is 12.6. The van der Waals surface area contributed by atoms with Crippen LogP contribution in [0.2, 0.25) is 0 Å². The monoisotopic (exact) mass is 320 g/mol. The van der Waals surface area contributed by atoms with Gasteiger partial charge in [-0.25, -0.2) is 0 Å². The molecule has 0 unspecified atom stereocenters. The van der Waals surface area contributed by atoms with Crippen LogP contribution in [0.3, 0.4) is 0 Å². The molecule has 1 atom stereocenters. The number of phenols is 3. The second kappa shape index (κ2) is 6.62. The molecule has 0 saturated carbocycles. The van der Waals surface area contributed by atoms with Crippen molar-refractivity contribution >= 4 is 0 Å². The first-order chi connectivity index (χ1) is 10.3. The van der Waals surface area contributed by atoms with Gasteiger partial charge in [0, 0.05) is 50.8 Å². The van der Waals surface area contributed by atoms with Gasteiger partial charge in [-0.2, -0.15) is 13.2 Å². The summed E-state index contributed by atoms with van der Waals surface area (Å²) in [7, 11) is 0. The zero-order valence-electron chi connectivity index (χ0n) is 11.9. The molecule has 0 aliphatic carbocycles. The summed E-state index contributed by atoms with van der Waals surface area (Å²) in [6, 6.07) is 1.29. The third-order valence-electron chi connectivity index (χ3n) is 3.75. The van der Waals surface area contributed by atoms with Gasteiger partial charge in [0.2, 0.25) is 0 Å². The molecule has 1 aromatic carbocycles. The van der Waals surface area contributed by atoms with E-state index in [1.54, 1.807) is 4.90 Å². The third-order valence-corrected chi connectivity index (χ3v) is 3.75. The van der Waals surface area contributed by atoms with E-state index in [4.69, 9.17) is 0 Å². The zero-order chi connectivity index (χ0) is 16.3. The molecule has 1 aromatic rings. The first-order valence-electron chi connectivity index (χ1n) is 7.04. The Morgan fingerprint density at radius 1 is 1.09 bits per heavy atom. The first-order valence-corrected chi connectivity index (χ1v) is 7.04. The molecule has 4 N–H and O–H groups in total. The molecule has 0 aromatic heterocycles. The average molecular weight is 320 g/mol. The predicted octanol–water partition coefficient (Wildman–Crippen LogP) is 2.09. The van der Waals surface area contributed by atoms with Gasteiger partial charge < -0.3 is 20.6 Å². The lowest BCUT2D eigenvalue weighted by Crippen LogP contribution is -2.45. The van der Waals surface area contributed by atoms with Crippen LogP contribution in [0.25, 0.3) is 0 Å². The Kier molecular flexibility index (Phi) is 5.02. The number of phenolic OH excluding ortho intramolecular Hbond substituents is 3. The SMILES string of the molecule is Oc1cc(O)c([C@@H](CCC(F)(F)F)N2CCNCC2)c(O)c1. The van der Waals surface area contributed by atoms with Crippen molar-refractivity contribution in [3.8, 4) is 17.2 Å². The Morgan fingerprint density at radius 2 is 1.64 bits per heavy atom. The van der Waals surface area contributed by atoms with Crippen LogP contribution in [-0.4, -0.2) is 52.6 Å². The minimum atomic E-state index is -4.31. The maximum Gasteiger partial charge on any atom is 0.389 e. The molecular formula is C14H19F3N2O3. The number of benzene rings is 1. The Balaban J connectivity index is 2.30. The topological polar surface area (TPSA) is 76.0 Å². The van der Waals surface area contributed by atoms with E-state index in [-0.39, 0.29) is 17.7 Å². The van der Waals surface area contributed by atoms with E-state index in [2.05, 4.69) is 5.32 Å². The van der Waals surface area contributed by atoms with Gasteiger partial charge >= 0.3 is 6.18 Å². The second-order valence-electron chi connectivity index (χ2n) is 5.35. The number of halogens is 3. The molecule has 1 aliphatic rings. The fraction of sp³-hybridized carbons (Fsp3) is 0.571. The number of alkyl halides is 3. The van der Waals surface area contributed by atoms with Gasteiger partial charge in [-0.1, -0.05) is 0 Å². The van der Waals surface area contributed by atoms with Crippen molar-refractivity contribution in [2.45, 2.75) is 25.1 Å². The normalized spacial score (nSPS) is 18.3. The highest BCUT2D eigenvalue weighted by Gasteiger charge is 2.33. The number of aromatic hydroxyl groups is 3. The van der Waals surface area contributed by atoms with E-state index < -0.39 is 30.1 Å². The fourth-order valence-corrected chi connectivity index (χ4v) is 2.75. The number of nitrogens with zero attached hydrogens (tertiary/aromatic N) is 1. The minimum absolute atomic E-state index is 0.0314. The molecule has 2 rings (SSSR count). The molecule has 1 aliphatic heterocycles. The van der Waals surface area contributed by atoms with Crippen molar-refractivity contribution in [3.05, 3.63) is 17.7 Å². The maximum absolute atomic E-state index is 12.6. The number of hydrogen-bond acceptors (Lipinski definition) is 5. The highest BCUT2D eigenvalue weighted by molar-refractivity contribution is 5.50. The second-order valence-corrected chi connectivity index (χ2v) is 5.35. The van der Waals surface area contributed by atoms with Crippen LogP contribution in [0.5, 0.6) is 17.2 Å². The summed E-state index contributed by atoms with van der Waals surface area (Å²) in [5.74, 6) is -1.14. The molecule has 1 fully saturated rings. The fourth-order valence-electron chi connectivity index (χ4n) is 2.75. The summed E-state index contributed by atoms with van der Waals surface area (Å²) in [6.45, 7) is 2.29. The summed E-state index contributed by atoms with van der Waals surface area (Å²) in [5.41, 5.74) is 0.0314. The Morgan fingerprint density at radius 3 is 2.14 bits per heavy atom. The highest BCUT2D eigenvalue weighted by Crippen LogP contribution is 2.42. The van der Waals surface area contributed by atoms with Crippen LogP contribution < -0.4 is 5.32 Å². The van der Waals surface area contributed by atoms with E-state index in [1.165, 1.54) is 0 Å². The molecule has 0 radical (unpaired) electrons. The molecule has 1 heterocycles. The van der Waals surface area contributed by atoms with Gasteiger partial charge in [-0.15, -0.1) is 0 Å². The van der Waals surface area contributed by atoms with Crippen molar-refractivity contribution < 1.29 is 28.5 Å². The van der Waals surface area contributed by atoms with Crippen LogP contribution in [0.15, 0.2) is 12.1 Å². The van der Waals surface area contributed by atoms with E-state index in [9.17, 15) is 28.5 Å². The molecular weight excluding hydrogens is 301 g/mol. The van der Waals surface area contributed by atoms with Gasteiger partial charge in [-0.3, -0.25) is 4.90 Å². The van der Waals surface area contributed by atoms with Gasteiger partial charge in [-0.05, 0) is 6.42 Å². The van der Waals surface area contributed by atoms with Crippen LogP contribution in [0.1, 0.15) is 24.4 Å². The summed E-state index contributed by atoms with van der Waals surface area (Å²) < 4.78 is 37.7. The molecule has 1 saturated heterocycles. The van der Waals surface area contributed by atoms with Crippen LogP contribution in [0, 0.1) is 0 Å². The Bertz CT molecular complexity index is 494. The minimum Gasteiger partial charge on any atom is -0.508 e. The van der Waals surface area contributed by atoms with E-state index in [0.29, 0.717) is 26.2 Å². The molecule has 124 valence electrons. The van der Waals surface area contributed by atoms with Gasteiger partial charge in [0.15, 0.2) is 0 Å². The van der Waals surface area contributed by atoms with Gasteiger partial charge in [0.1, 0.15) is 17.2 Å². The number of hydrogen-bond donors (Lipinski definition) is 4. The quantitative estimate of drug-likeness (QED) is 0.683. The summed E-state index contributed by atoms with van der Waals surface area (Å²) in [4.78, 5) is 1.80. The summed E-state index contributed by atoms with van der Waals surface area (Å²) in [5, 5.41) is 32.4. The van der Waals surface area contributed by atoms with Gasteiger partial charge in [0.05, 0.1) is 5.56 Å². The zero-order valence-corrected chi connectivity index (χ0v) is 11.9. The molecule has 22 heavy (non-hydrogen) atoms. The number of nitrogens with one attached hydrogen (secondary N) is 1. The molecule has 5 nitrogen and oxygen atoms in total. The van der Waals surface area contributed by atoms with E-state index in [1.807, 2.05) is 0 Å². The van der Waals surface area contributed by atoms with Crippen LogP contribution in [-0.2, 0) is 0 Å². The van der Waals surface area contributed by atoms with E-state index >= 15 is 0 Å². The average Bonchev–Trinajstić information content (AvgIpc) is 2.41. The smallest absolute Gasteiger partial charge is 0.389 e. The highest BCUT2D eigenvalue weighted by atomic mass is 19.4. The lowest BCUT2D eigenvalue weighted by molar-refractivity contribution is -0.138. The molecule has 8 heteroatoms. The predicted molar refractivity (Wildman–Crippen MR) is 73.9 cm³/mol. The van der Waals surface area contributed by atoms with Crippen molar-refractivity contribution in [2.75, 3.05) is 26.2 Å². The summed E-state index contributed by atoms with van der Waals surface area (Å²) in [6.07, 6.45) is -5.59. The number of piperazine rings is 1. The standard InChI is InChI=1S/C14H19F3N2O3/c15-14(16,17)2-1-10(19-5-3-18-4-6-19)13-11(21)7-9(20)8-12(13)22/h7-8,10,18,20-22H,1-6H2/t10-/m1/s1. The lowest BCUT2D eigenvalue weighted by atomic mass is 9.97. The van der Waals surface area contributed by atoms with Gasteiger partial charge in [0.25, 0.3) is 0 Å². The summed E-state index contributed by atoms with van der Waals surface area (Å²) >= 11 is 0. The Hall–Kier alpha value is -1.67. The Labute approximate surface area is 126 Å². The third kappa shape index (κ3) is 4.17.